The summed E-state index contributed by atoms with van der Waals surface area (Å²) in [4.78, 5) is 16.9. The van der Waals surface area contributed by atoms with Crippen LogP contribution in [-0.4, -0.2) is 47.2 Å². The molecule has 112 valence electrons. The summed E-state index contributed by atoms with van der Waals surface area (Å²) in [7, 11) is 4.05. The second kappa shape index (κ2) is 7.54. The number of thioether (sulfide) groups is 1. The van der Waals surface area contributed by atoms with E-state index in [2.05, 4.69) is 20.8 Å². The van der Waals surface area contributed by atoms with Crippen molar-refractivity contribution in [1.29, 1.82) is 0 Å². The van der Waals surface area contributed by atoms with Crippen molar-refractivity contribution in [3.63, 3.8) is 0 Å². The Morgan fingerprint density at radius 3 is 2.62 bits per heavy atom. The van der Waals surface area contributed by atoms with Gasteiger partial charge in [0.25, 0.3) is 5.91 Å². The van der Waals surface area contributed by atoms with Crippen molar-refractivity contribution in [3.05, 3.63) is 39.2 Å². The number of benzene rings is 1. The fourth-order valence-electron chi connectivity index (χ4n) is 1.95. The average molecular weight is 385 g/mol. The van der Waals surface area contributed by atoms with Crippen LogP contribution in [0.5, 0.6) is 0 Å². The van der Waals surface area contributed by atoms with Gasteiger partial charge < -0.3 is 4.90 Å². The first-order valence-electron chi connectivity index (χ1n) is 6.63. The maximum absolute atomic E-state index is 12.4. The number of carbonyl (C=O) groups excluding carboxylic acids is 1. The molecular weight excluding hydrogens is 368 g/mol. The summed E-state index contributed by atoms with van der Waals surface area (Å²) in [6, 6.07) is 7.87. The van der Waals surface area contributed by atoms with Gasteiger partial charge in [0, 0.05) is 11.0 Å². The molecule has 0 radical (unpaired) electrons. The van der Waals surface area contributed by atoms with Crippen molar-refractivity contribution in [2.24, 2.45) is 0 Å². The van der Waals surface area contributed by atoms with Crippen molar-refractivity contribution in [3.8, 4) is 0 Å². The summed E-state index contributed by atoms with van der Waals surface area (Å²) in [6.45, 7) is 1.63. The fraction of sp³-hybridized carbons (Fsp3) is 0.333. The van der Waals surface area contributed by atoms with Gasteiger partial charge in [-0.15, -0.1) is 0 Å². The number of carbonyl (C=O) groups is 1. The highest BCUT2D eigenvalue weighted by molar-refractivity contribution is 9.10. The third-order valence-corrected chi connectivity index (χ3v) is 4.93. The zero-order valence-electron chi connectivity index (χ0n) is 12.0. The third-order valence-electron chi connectivity index (χ3n) is 3.03. The Morgan fingerprint density at radius 2 is 2.00 bits per heavy atom. The van der Waals surface area contributed by atoms with Crippen LogP contribution in [-0.2, 0) is 4.79 Å². The molecule has 1 aromatic rings. The van der Waals surface area contributed by atoms with E-state index in [0.717, 1.165) is 23.0 Å². The molecule has 0 saturated carbocycles. The summed E-state index contributed by atoms with van der Waals surface area (Å²) in [6.07, 6.45) is 2.82. The highest BCUT2D eigenvalue weighted by Gasteiger charge is 2.31. The number of halogens is 1. The summed E-state index contributed by atoms with van der Waals surface area (Å²) in [5.41, 5.74) is 1.01. The molecule has 0 bridgehead atoms. The Morgan fingerprint density at radius 1 is 1.33 bits per heavy atom. The van der Waals surface area contributed by atoms with Crippen LogP contribution in [0.3, 0.4) is 0 Å². The van der Waals surface area contributed by atoms with Crippen molar-refractivity contribution in [2.45, 2.75) is 6.42 Å². The molecule has 21 heavy (non-hydrogen) atoms. The summed E-state index contributed by atoms with van der Waals surface area (Å²) in [5, 5.41) is 0. The smallest absolute Gasteiger partial charge is 0.266 e. The van der Waals surface area contributed by atoms with Crippen LogP contribution >= 0.6 is 39.9 Å². The Kier molecular flexibility index (Phi) is 5.98. The number of thiocarbonyl (C=S) groups is 1. The second-order valence-corrected chi connectivity index (χ2v) is 7.63. The maximum atomic E-state index is 12.4. The predicted molar refractivity (Wildman–Crippen MR) is 97.2 cm³/mol. The Labute approximate surface area is 143 Å². The zero-order chi connectivity index (χ0) is 15.4. The van der Waals surface area contributed by atoms with Gasteiger partial charge in [0.1, 0.15) is 4.32 Å². The van der Waals surface area contributed by atoms with Gasteiger partial charge in [-0.3, -0.25) is 9.69 Å². The molecule has 0 N–H and O–H groups in total. The van der Waals surface area contributed by atoms with E-state index in [9.17, 15) is 4.79 Å². The predicted octanol–water partition coefficient (Wildman–Crippen LogP) is 3.60. The number of rotatable bonds is 5. The van der Waals surface area contributed by atoms with Crippen molar-refractivity contribution < 1.29 is 4.79 Å². The van der Waals surface area contributed by atoms with Gasteiger partial charge in [0.15, 0.2) is 0 Å². The molecule has 0 atom stereocenters. The highest BCUT2D eigenvalue weighted by atomic mass is 79.9. The lowest BCUT2D eigenvalue weighted by atomic mass is 10.2. The van der Waals surface area contributed by atoms with E-state index < -0.39 is 0 Å². The number of nitrogens with zero attached hydrogens (tertiary/aromatic N) is 2. The van der Waals surface area contributed by atoms with E-state index in [0.29, 0.717) is 15.8 Å². The van der Waals surface area contributed by atoms with E-state index >= 15 is 0 Å². The lowest BCUT2D eigenvalue weighted by Gasteiger charge is -2.16. The lowest BCUT2D eigenvalue weighted by molar-refractivity contribution is -0.122. The van der Waals surface area contributed by atoms with E-state index in [1.54, 1.807) is 4.90 Å². The van der Waals surface area contributed by atoms with Crippen LogP contribution in [0, 0.1) is 0 Å². The van der Waals surface area contributed by atoms with Crippen LogP contribution in [0.15, 0.2) is 33.6 Å². The highest BCUT2D eigenvalue weighted by Crippen LogP contribution is 2.32. The Bertz CT molecular complexity index is 570. The molecule has 0 aromatic heterocycles. The molecular formula is C15H17BrN2OS2. The first kappa shape index (κ1) is 16.7. The van der Waals surface area contributed by atoms with Crippen LogP contribution < -0.4 is 0 Å². The molecule has 1 aliphatic rings. The Hall–Kier alpha value is -0.690. The molecule has 1 saturated heterocycles. The molecule has 1 aromatic carbocycles. The van der Waals surface area contributed by atoms with Crippen molar-refractivity contribution in [2.75, 3.05) is 27.2 Å². The minimum atomic E-state index is 0.0201. The van der Waals surface area contributed by atoms with E-state index in [1.807, 2.05) is 44.4 Å². The largest absolute Gasteiger partial charge is 0.309 e. The number of hydrogen-bond acceptors (Lipinski definition) is 4. The third kappa shape index (κ3) is 4.64. The monoisotopic (exact) mass is 384 g/mol. The van der Waals surface area contributed by atoms with Gasteiger partial charge in [-0.05, 0) is 50.8 Å². The van der Waals surface area contributed by atoms with Gasteiger partial charge in [-0.25, -0.2) is 0 Å². The first-order valence-corrected chi connectivity index (χ1v) is 8.65. The number of amides is 1. The van der Waals surface area contributed by atoms with E-state index in [-0.39, 0.29) is 5.91 Å². The molecule has 1 amide bonds. The fourth-order valence-corrected chi connectivity index (χ4v) is 3.52. The van der Waals surface area contributed by atoms with Gasteiger partial charge in [-0.2, -0.15) is 0 Å². The molecule has 1 heterocycles. The van der Waals surface area contributed by atoms with E-state index in [4.69, 9.17) is 12.2 Å². The second-order valence-electron chi connectivity index (χ2n) is 5.04. The van der Waals surface area contributed by atoms with Gasteiger partial charge in [0.05, 0.1) is 4.91 Å². The van der Waals surface area contributed by atoms with E-state index in [1.165, 1.54) is 11.8 Å². The standard InChI is InChI=1S/C15H17BrN2OS2/c1-17(2)8-3-9-18-14(19)13(21-15(18)20)10-11-4-6-12(16)7-5-11/h4-7,10H,3,8-9H2,1-2H3. The van der Waals surface area contributed by atoms with Crippen LogP contribution in [0.25, 0.3) is 6.08 Å². The molecule has 6 heteroatoms. The average Bonchev–Trinajstić information content (AvgIpc) is 2.68. The van der Waals surface area contributed by atoms with Crippen molar-refractivity contribution >= 4 is 56.2 Å². The SMILES string of the molecule is CN(C)CCCN1C(=O)C(=Cc2ccc(Br)cc2)SC1=S. The van der Waals surface area contributed by atoms with Crippen LogP contribution in [0.2, 0.25) is 0 Å². The zero-order valence-corrected chi connectivity index (χ0v) is 15.2. The summed E-state index contributed by atoms with van der Waals surface area (Å²) >= 11 is 10.1. The lowest BCUT2D eigenvalue weighted by Crippen LogP contribution is -2.30. The normalized spacial score (nSPS) is 17.3. The minimum Gasteiger partial charge on any atom is -0.309 e. The summed E-state index contributed by atoms with van der Waals surface area (Å²) in [5.74, 6) is 0.0201. The molecule has 2 rings (SSSR count). The number of hydrogen-bond donors (Lipinski definition) is 0. The van der Waals surface area contributed by atoms with Crippen LogP contribution in [0.1, 0.15) is 12.0 Å². The Balaban J connectivity index is 2.05. The van der Waals surface area contributed by atoms with Crippen LogP contribution in [0.4, 0.5) is 0 Å². The van der Waals surface area contributed by atoms with Gasteiger partial charge >= 0.3 is 0 Å². The summed E-state index contributed by atoms with van der Waals surface area (Å²) < 4.78 is 1.68. The molecule has 0 aliphatic carbocycles. The minimum absolute atomic E-state index is 0.0201. The molecule has 1 aliphatic heterocycles. The first-order chi connectivity index (χ1) is 9.97. The molecule has 0 spiro atoms. The maximum Gasteiger partial charge on any atom is 0.266 e. The molecule has 3 nitrogen and oxygen atoms in total. The quantitative estimate of drug-likeness (QED) is 0.571. The van der Waals surface area contributed by atoms with Gasteiger partial charge in [-0.1, -0.05) is 52.0 Å². The molecule has 1 fully saturated rings. The molecule has 0 unspecified atom stereocenters. The van der Waals surface area contributed by atoms with Gasteiger partial charge in [0.2, 0.25) is 0 Å². The topological polar surface area (TPSA) is 23.6 Å². The van der Waals surface area contributed by atoms with Crippen molar-refractivity contribution in [1.82, 2.24) is 9.80 Å².